The molecule has 4 rings (SSSR count). The third kappa shape index (κ3) is 3.67. The summed E-state index contributed by atoms with van der Waals surface area (Å²) in [4.78, 5) is 18.8. The first-order valence-electron chi connectivity index (χ1n) is 9.58. The van der Waals surface area contributed by atoms with Crippen molar-refractivity contribution in [2.75, 3.05) is 18.1 Å². The molecule has 1 aliphatic heterocycles. The zero-order valence-electron chi connectivity index (χ0n) is 16.0. The molecule has 2 aromatic heterocycles. The normalized spacial score (nSPS) is 17.7. The maximum Gasteiger partial charge on any atom is 0.270 e. The molecular formula is C21H22F2N4O2. The van der Waals surface area contributed by atoms with Gasteiger partial charge in [-0.05, 0) is 50.1 Å². The van der Waals surface area contributed by atoms with Crippen LogP contribution in [0.4, 0.5) is 14.5 Å². The number of amides is 1. The van der Waals surface area contributed by atoms with E-state index in [4.69, 9.17) is 5.11 Å². The van der Waals surface area contributed by atoms with E-state index in [1.54, 1.807) is 23.6 Å². The summed E-state index contributed by atoms with van der Waals surface area (Å²) >= 11 is 0. The number of fused-ring (bicyclic) bond motifs is 1. The number of carbonyl (C=O) groups excluding carboxylic acids is 1. The van der Waals surface area contributed by atoms with Crippen LogP contribution in [0, 0.1) is 11.6 Å². The number of hydrogen-bond donors (Lipinski definition) is 2. The number of carbonyl (C=O) groups is 1. The van der Waals surface area contributed by atoms with Crippen LogP contribution >= 0.6 is 0 Å². The number of anilines is 1. The molecule has 29 heavy (non-hydrogen) atoms. The molecule has 6 nitrogen and oxygen atoms in total. The van der Waals surface area contributed by atoms with Gasteiger partial charge in [-0.15, -0.1) is 0 Å². The van der Waals surface area contributed by atoms with E-state index in [-0.39, 0.29) is 24.6 Å². The van der Waals surface area contributed by atoms with E-state index in [1.807, 2.05) is 11.0 Å². The van der Waals surface area contributed by atoms with Crippen LogP contribution in [0.2, 0.25) is 0 Å². The maximum atomic E-state index is 14.4. The van der Waals surface area contributed by atoms with Gasteiger partial charge >= 0.3 is 0 Å². The Morgan fingerprint density at radius 1 is 1.34 bits per heavy atom. The molecule has 1 saturated heterocycles. The average molecular weight is 400 g/mol. The Balaban J connectivity index is 1.69. The first kappa shape index (κ1) is 19.3. The highest BCUT2D eigenvalue weighted by atomic mass is 19.1. The average Bonchev–Trinajstić information content (AvgIpc) is 3.36. The largest absolute Gasteiger partial charge is 0.394 e. The van der Waals surface area contributed by atoms with Gasteiger partial charge in [0.2, 0.25) is 0 Å². The molecular weight excluding hydrogens is 378 g/mol. The van der Waals surface area contributed by atoms with Crippen molar-refractivity contribution in [2.45, 2.75) is 31.8 Å². The second kappa shape index (κ2) is 7.79. The number of nitrogens with zero attached hydrogens (tertiary/aromatic N) is 3. The van der Waals surface area contributed by atoms with Crippen LogP contribution in [0.25, 0.3) is 5.65 Å². The number of nitrogens with one attached hydrogen (secondary N) is 1. The Bertz CT molecular complexity index is 1050. The Morgan fingerprint density at radius 3 is 2.97 bits per heavy atom. The summed E-state index contributed by atoms with van der Waals surface area (Å²) in [5, 5.41) is 11.9. The van der Waals surface area contributed by atoms with Crippen LogP contribution in [0.5, 0.6) is 0 Å². The number of pyridine rings is 1. The van der Waals surface area contributed by atoms with Crippen molar-refractivity contribution in [1.82, 2.24) is 14.7 Å². The topological polar surface area (TPSA) is 69.9 Å². The first-order valence-corrected chi connectivity index (χ1v) is 9.58. The van der Waals surface area contributed by atoms with Gasteiger partial charge in [-0.3, -0.25) is 9.20 Å². The van der Waals surface area contributed by atoms with E-state index in [2.05, 4.69) is 10.3 Å². The van der Waals surface area contributed by atoms with Crippen LogP contribution in [0.3, 0.4) is 0 Å². The summed E-state index contributed by atoms with van der Waals surface area (Å²) in [6.07, 6.45) is 4.83. The van der Waals surface area contributed by atoms with Gasteiger partial charge < -0.3 is 15.3 Å². The van der Waals surface area contributed by atoms with Crippen molar-refractivity contribution in [3.8, 4) is 0 Å². The van der Waals surface area contributed by atoms with Gasteiger partial charge in [0, 0.05) is 24.3 Å². The number of halogens is 2. The number of imidazole rings is 1. The Morgan fingerprint density at radius 2 is 2.17 bits per heavy atom. The molecule has 0 bridgehead atoms. The monoisotopic (exact) mass is 400 g/mol. The maximum absolute atomic E-state index is 14.4. The lowest BCUT2D eigenvalue weighted by molar-refractivity contribution is 0.0916. The highest BCUT2D eigenvalue weighted by Crippen LogP contribution is 2.37. The molecule has 8 heteroatoms. The van der Waals surface area contributed by atoms with Crippen LogP contribution in [0.15, 0.2) is 42.7 Å². The number of aromatic nitrogens is 2. The van der Waals surface area contributed by atoms with Crippen LogP contribution in [-0.4, -0.2) is 39.6 Å². The van der Waals surface area contributed by atoms with Crippen LogP contribution < -0.4 is 10.2 Å². The van der Waals surface area contributed by atoms with Gasteiger partial charge in [0.25, 0.3) is 5.91 Å². The molecule has 2 N–H and O–H groups in total. The second-order valence-corrected chi connectivity index (χ2v) is 7.33. The molecule has 1 aliphatic rings. The third-order valence-corrected chi connectivity index (χ3v) is 5.28. The minimum atomic E-state index is -0.463. The van der Waals surface area contributed by atoms with E-state index in [0.717, 1.165) is 24.2 Å². The van der Waals surface area contributed by atoms with E-state index < -0.39 is 11.6 Å². The summed E-state index contributed by atoms with van der Waals surface area (Å²) in [5.74, 6) is -1.23. The highest BCUT2D eigenvalue weighted by molar-refractivity contribution is 5.93. The van der Waals surface area contributed by atoms with Crippen molar-refractivity contribution in [2.24, 2.45) is 0 Å². The number of benzene rings is 1. The number of aliphatic hydroxyl groups is 1. The molecule has 0 aliphatic carbocycles. The smallest absolute Gasteiger partial charge is 0.270 e. The SMILES string of the molecule is C[C@@H](CO)NC(=O)c1cnc2ccc(N3CCC[C@@H]3c3cc(F)ccc3F)cn12. The van der Waals surface area contributed by atoms with Gasteiger partial charge in [-0.2, -0.15) is 0 Å². The number of hydrogen-bond acceptors (Lipinski definition) is 4. The molecule has 3 heterocycles. The fourth-order valence-electron chi connectivity index (χ4n) is 3.82. The van der Waals surface area contributed by atoms with Crippen LogP contribution in [-0.2, 0) is 0 Å². The standard InChI is InChI=1S/C21H22F2N4O2/c1-13(12-28)25-21(29)19-10-24-20-7-5-15(11-27(19)20)26-8-2-3-18(26)16-9-14(22)4-6-17(16)23/h4-7,9-11,13,18,28H,2-3,8,12H2,1H3,(H,25,29)/t13-,18+/m0/s1. The van der Waals surface area contributed by atoms with Crippen molar-refractivity contribution in [3.63, 3.8) is 0 Å². The van der Waals surface area contributed by atoms with Crippen LogP contribution in [0.1, 0.15) is 41.9 Å². The molecule has 1 fully saturated rings. The molecule has 152 valence electrons. The quantitative estimate of drug-likeness (QED) is 0.691. The molecule has 1 aromatic carbocycles. The Hall–Kier alpha value is -3.00. The molecule has 0 radical (unpaired) electrons. The Labute approximate surface area is 166 Å². The predicted molar refractivity (Wildman–Crippen MR) is 105 cm³/mol. The van der Waals surface area contributed by atoms with E-state index >= 15 is 0 Å². The second-order valence-electron chi connectivity index (χ2n) is 7.33. The van der Waals surface area contributed by atoms with Gasteiger partial charge in [0.1, 0.15) is 23.0 Å². The molecule has 1 amide bonds. The van der Waals surface area contributed by atoms with Gasteiger partial charge in [-0.1, -0.05) is 0 Å². The fraction of sp³-hybridized carbons (Fsp3) is 0.333. The van der Waals surface area contributed by atoms with Gasteiger partial charge in [0.15, 0.2) is 0 Å². The highest BCUT2D eigenvalue weighted by Gasteiger charge is 2.29. The number of aliphatic hydroxyl groups excluding tert-OH is 1. The molecule has 0 spiro atoms. The number of rotatable bonds is 5. The summed E-state index contributed by atoms with van der Waals surface area (Å²) in [5.41, 5.74) is 2.08. The van der Waals surface area contributed by atoms with Crippen molar-refractivity contribution in [1.29, 1.82) is 0 Å². The van der Waals surface area contributed by atoms with E-state index in [1.165, 1.54) is 12.3 Å². The minimum Gasteiger partial charge on any atom is -0.394 e. The zero-order chi connectivity index (χ0) is 20.5. The Kier molecular flexibility index (Phi) is 5.19. The van der Waals surface area contributed by atoms with Crippen molar-refractivity contribution < 1.29 is 18.7 Å². The van der Waals surface area contributed by atoms with Crippen molar-refractivity contribution >= 4 is 17.2 Å². The fourth-order valence-corrected chi connectivity index (χ4v) is 3.82. The molecule has 0 saturated carbocycles. The van der Waals surface area contributed by atoms with Gasteiger partial charge in [-0.25, -0.2) is 13.8 Å². The van der Waals surface area contributed by atoms with E-state index in [9.17, 15) is 13.6 Å². The summed E-state index contributed by atoms with van der Waals surface area (Å²) in [7, 11) is 0. The first-order chi connectivity index (χ1) is 14.0. The summed E-state index contributed by atoms with van der Waals surface area (Å²) in [6, 6.07) is 6.53. The third-order valence-electron chi connectivity index (χ3n) is 5.28. The van der Waals surface area contributed by atoms with Crippen molar-refractivity contribution in [3.05, 3.63) is 65.6 Å². The zero-order valence-corrected chi connectivity index (χ0v) is 16.0. The van der Waals surface area contributed by atoms with E-state index in [0.29, 0.717) is 29.9 Å². The predicted octanol–water partition coefficient (Wildman–Crippen LogP) is 3.06. The lowest BCUT2D eigenvalue weighted by Crippen LogP contribution is -2.35. The lowest BCUT2D eigenvalue weighted by atomic mass is 10.0. The van der Waals surface area contributed by atoms with Gasteiger partial charge in [0.05, 0.1) is 24.5 Å². The molecule has 0 unspecified atom stereocenters. The molecule has 3 aromatic rings. The summed E-state index contributed by atoms with van der Waals surface area (Å²) < 4.78 is 29.7. The summed E-state index contributed by atoms with van der Waals surface area (Å²) in [6.45, 7) is 2.24. The lowest BCUT2D eigenvalue weighted by Gasteiger charge is -2.27. The minimum absolute atomic E-state index is 0.164. The molecule has 2 atom stereocenters.